The molecule has 0 aliphatic carbocycles. The number of halogens is 1. The molecular formula is C13H16ClNO5. The zero-order valence-corrected chi connectivity index (χ0v) is 12.3. The van der Waals surface area contributed by atoms with Crippen LogP contribution in [0.15, 0.2) is 18.2 Å². The van der Waals surface area contributed by atoms with Gasteiger partial charge in [0, 0.05) is 19.6 Å². The summed E-state index contributed by atoms with van der Waals surface area (Å²) in [4.78, 5) is 21.9. The van der Waals surface area contributed by atoms with Gasteiger partial charge in [0.15, 0.2) is 0 Å². The van der Waals surface area contributed by atoms with Crippen LogP contribution in [0.5, 0.6) is 0 Å². The van der Waals surface area contributed by atoms with Gasteiger partial charge < -0.3 is 9.47 Å². The van der Waals surface area contributed by atoms with Crippen molar-refractivity contribution in [2.45, 2.75) is 25.9 Å². The molecule has 0 saturated carbocycles. The molecule has 0 N–H and O–H groups in total. The molecule has 0 aliphatic rings. The Balaban J connectivity index is 2.74. The van der Waals surface area contributed by atoms with E-state index < -0.39 is 16.5 Å². The molecule has 0 bridgehead atoms. The van der Waals surface area contributed by atoms with E-state index in [4.69, 9.17) is 21.1 Å². The van der Waals surface area contributed by atoms with Gasteiger partial charge in [-0.3, -0.25) is 10.1 Å². The molecule has 0 aliphatic heterocycles. The first-order chi connectivity index (χ1) is 9.28. The summed E-state index contributed by atoms with van der Waals surface area (Å²) in [6.45, 7) is 3.86. The fourth-order valence-corrected chi connectivity index (χ4v) is 1.66. The lowest BCUT2D eigenvalue weighted by atomic mass is 10.1. The minimum absolute atomic E-state index is 0.0175. The molecule has 0 fully saturated rings. The van der Waals surface area contributed by atoms with Crippen molar-refractivity contribution in [3.05, 3.63) is 38.9 Å². The highest BCUT2D eigenvalue weighted by molar-refractivity contribution is 6.35. The van der Waals surface area contributed by atoms with Crippen molar-refractivity contribution in [3.63, 3.8) is 0 Å². The summed E-state index contributed by atoms with van der Waals surface area (Å²) in [5.74, 6) is -0.689. The van der Waals surface area contributed by atoms with Gasteiger partial charge in [-0.05, 0) is 19.9 Å². The van der Waals surface area contributed by atoms with Crippen LogP contribution >= 0.6 is 11.6 Å². The van der Waals surface area contributed by atoms with Crippen LogP contribution < -0.4 is 0 Å². The smallest absolute Gasteiger partial charge is 0.339 e. The molecule has 1 aromatic rings. The number of esters is 1. The van der Waals surface area contributed by atoms with Crippen molar-refractivity contribution in [3.8, 4) is 0 Å². The Kier molecular flexibility index (Phi) is 5.47. The monoisotopic (exact) mass is 301 g/mol. The number of benzene rings is 1. The van der Waals surface area contributed by atoms with Crippen LogP contribution in [0.4, 0.5) is 5.69 Å². The van der Waals surface area contributed by atoms with Gasteiger partial charge in [0.05, 0.1) is 22.7 Å². The summed E-state index contributed by atoms with van der Waals surface area (Å²) in [7, 11) is 1.57. The van der Waals surface area contributed by atoms with E-state index in [0.29, 0.717) is 6.42 Å². The lowest BCUT2D eigenvalue weighted by molar-refractivity contribution is -0.384. The molecule has 110 valence electrons. The number of hydrogen-bond acceptors (Lipinski definition) is 5. The van der Waals surface area contributed by atoms with E-state index in [1.54, 1.807) is 7.11 Å². The minimum Gasteiger partial charge on any atom is -0.462 e. The van der Waals surface area contributed by atoms with E-state index in [0.717, 1.165) is 0 Å². The molecule has 0 amide bonds. The first-order valence-electron chi connectivity index (χ1n) is 5.93. The average molecular weight is 302 g/mol. The molecule has 0 radical (unpaired) electrons. The first kappa shape index (κ1) is 16.4. The molecular weight excluding hydrogens is 286 g/mol. The van der Waals surface area contributed by atoms with Gasteiger partial charge in [0.2, 0.25) is 0 Å². The van der Waals surface area contributed by atoms with E-state index in [2.05, 4.69) is 0 Å². The molecule has 0 spiro atoms. The number of nitro benzene ring substituents is 1. The van der Waals surface area contributed by atoms with Crippen molar-refractivity contribution >= 4 is 23.3 Å². The molecule has 0 atom stereocenters. The highest BCUT2D eigenvalue weighted by Gasteiger charge is 2.22. The number of ether oxygens (including phenoxy) is 2. The Labute approximate surface area is 121 Å². The summed E-state index contributed by atoms with van der Waals surface area (Å²) < 4.78 is 10.2. The molecule has 0 saturated heterocycles. The third-order valence-electron chi connectivity index (χ3n) is 2.88. The van der Waals surface area contributed by atoms with E-state index in [9.17, 15) is 14.9 Å². The lowest BCUT2D eigenvalue weighted by Crippen LogP contribution is -2.25. The summed E-state index contributed by atoms with van der Waals surface area (Å²) in [5.41, 5.74) is -0.748. The second-order valence-corrected chi connectivity index (χ2v) is 5.12. The van der Waals surface area contributed by atoms with Gasteiger partial charge in [-0.1, -0.05) is 17.7 Å². The predicted octanol–water partition coefficient (Wildman–Crippen LogP) is 3.22. The van der Waals surface area contributed by atoms with Crippen LogP contribution in [0.2, 0.25) is 5.02 Å². The Hall–Kier alpha value is -1.66. The molecule has 7 heteroatoms. The topological polar surface area (TPSA) is 78.7 Å². The summed E-state index contributed by atoms with van der Waals surface area (Å²) >= 11 is 5.83. The number of methoxy groups -OCH3 is 1. The van der Waals surface area contributed by atoms with Gasteiger partial charge in [0.25, 0.3) is 5.69 Å². The third-order valence-corrected chi connectivity index (χ3v) is 3.28. The van der Waals surface area contributed by atoms with E-state index in [-0.39, 0.29) is 22.9 Å². The van der Waals surface area contributed by atoms with Crippen LogP contribution in [0.3, 0.4) is 0 Å². The average Bonchev–Trinajstić information content (AvgIpc) is 2.38. The van der Waals surface area contributed by atoms with Crippen LogP contribution in [-0.2, 0) is 9.47 Å². The fourth-order valence-electron chi connectivity index (χ4n) is 1.39. The predicted molar refractivity (Wildman–Crippen MR) is 74.1 cm³/mol. The Bertz CT molecular complexity index is 515. The zero-order valence-electron chi connectivity index (χ0n) is 11.5. The van der Waals surface area contributed by atoms with Crippen LogP contribution in [-0.4, -0.2) is 30.2 Å². The van der Waals surface area contributed by atoms with Crippen LogP contribution in [0, 0.1) is 10.1 Å². The first-order valence-corrected chi connectivity index (χ1v) is 6.31. The molecule has 0 heterocycles. The molecule has 6 nitrogen and oxygen atoms in total. The summed E-state index contributed by atoms with van der Waals surface area (Å²) in [6.07, 6.45) is 0.502. The Morgan fingerprint density at radius 1 is 1.45 bits per heavy atom. The number of rotatable bonds is 6. The number of nitrogens with zero attached hydrogens (tertiary/aromatic N) is 1. The highest BCUT2D eigenvalue weighted by atomic mass is 35.5. The van der Waals surface area contributed by atoms with E-state index in [1.807, 2.05) is 13.8 Å². The number of nitro groups is 1. The molecule has 1 aromatic carbocycles. The van der Waals surface area contributed by atoms with Crippen molar-refractivity contribution in [1.29, 1.82) is 0 Å². The lowest BCUT2D eigenvalue weighted by Gasteiger charge is -2.22. The largest absolute Gasteiger partial charge is 0.462 e. The van der Waals surface area contributed by atoms with Gasteiger partial charge in [0.1, 0.15) is 5.02 Å². The van der Waals surface area contributed by atoms with Gasteiger partial charge in [-0.25, -0.2) is 4.79 Å². The Morgan fingerprint density at radius 3 is 2.65 bits per heavy atom. The number of hydrogen-bond donors (Lipinski definition) is 0. The summed E-state index contributed by atoms with van der Waals surface area (Å²) in [6, 6.07) is 4.01. The van der Waals surface area contributed by atoms with Crippen molar-refractivity contribution in [2.75, 3.05) is 13.7 Å². The molecule has 1 rings (SSSR count). The normalized spacial score (nSPS) is 11.2. The van der Waals surface area contributed by atoms with Crippen LogP contribution in [0.25, 0.3) is 0 Å². The molecule has 0 unspecified atom stereocenters. The maximum atomic E-state index is 11.8. The van der Waals surface area contributed by atoms with Crippen molar-refractivity contribution in [1.82, 2.24) is 0 Å². The van der Waals surface area contributed by atoms with Crippen molar-refractivity contribution < 1.29 is 19.2 Å². The molecule has 0 aromatic heterocycles. The zero-order chi connectivity index (χ0) is 15.3. The standard InChI is InChI=1S/C13H16ClNO5/c1-13(2,19-3)7-8-20-12(16)9-5-4-6-10(11(9)14)15(17)18/h4-6H,7-8H2,1-3H3. The van der Waals surface area contributed by atoms with E-state index in [1.165, 1.54) is 18.2 Å². The summed E-state index contributed by atoms with van der Waals surface area (Å²) in [5, 5.41) is 10.5. The highest BCUT2D eigenvalue weighted by Crippen LogP contribution is 2.28. The SMILES string of the molecule is COC(C)(C)CCOC(=O)c1cccc([N+](=O)[O-])c1Cl. The number of carbonyl (C=O) groups is 1. The second-order valence-electron chi connectivity index (χ2n) is 4.75. The minimum atomic E-state index is -0.689. The van der Waals surface area contributed by atoms with Crippen LogP contribution in [0.1, 0.15) is 30.6 Å². The quantitative estimate of drug-likeness (QED) is 0.458. The Morgan fingerprint density at radius 2 is 2.10 bits per heavy atom. The molecule has 20 heavy (non-hydrogen) atoms. The second kappa shape index (κ2) is 6.67. The van der Waals surface area contributed by atoms with Gasteiger partial charge in [-0.15, -0.1) is 0 Å². The fraction of sp³-hybridized carbons (Fsp3) is 0.462. The van der Waals surface area contributed by atoms with Crippen molar-refractivity contribution in [2.24, 2.45) is 0 Å². The third kappa shape index (κ3) is 4.18. The van der Waals surface area contributed by atoms with E-state index >= 15 is 0 Å². The number of carbonyl (C=O) groups excluding carboxylic acids is 1. The van der Waals surface area contributed by atoms with Gasteiger partial charge in [-0.2, -0.15) is 0 Å². The maximum Gasteiger partial charge on any atom is 0.339 e. The van der Waals surface area contributed by atoms with Gasteiger partial charge >= 0.3 is 5.97 Å². The maximum absolute atomic E-state index is 11.8.